The maximum atomic E-state index is 13.0. The van der Waals surface area contributed by atoms with Crippen LogP contribution in [-0.4, -0.2) is 46.2 Å². The van der Waals surface area contributed by atoms with Gasteiger partial charge in [-0.3, -0.25) is 4.79 Å². The highest BCUT2D eigenvalue weighted by molar-refractivity contribution is 7.88. The average Bonchev–Trinajstić information content (AvgIpc) is 2.63. The summed E-state index contributed by atoms with van der Waals surface area (Å²) in [6.07, 6.45) is 1.04. The van der Waals surface area contributed by atoms with Gasteiger partial charge in [-0.05, 0) is 5.56 Å². The Labute approximate surface area is 163 Å². The minimum atomic E-state index is -3.63. The second kappa shape index (κ2) is 8.60. The van der Waals surface area contributed by atoms with Crippen molar-refractivity contribution < 1.29 is 22.7 Å². The van der Waals surface area contributed by atoms with Gasteiger partial charge in [-0.1, -0.05) is 41.9 Å². The Morgan fingerprint density at radius 1 is 1.11 bits per heavy atom. The van der Waals surface area contributed by atoms with Crippen LogP contribution in [0.4, 0.5) is 5.69 Å². The van der Waals surface area contributed by atoms with Gasteiger partial charge in [0.1, 0.15) is 17.5 Å². The summed E-state index contributed by atoms with van der Waals surface area (Å²) in [6, 6.07) is 10.6. The fraction of sp³-hybridized carbons (Fsp3) is 0.278. The largest absolute Gasteiger partial charge is 0.495 e. The van der Waals surface area contributed by atoms with Crippen LogP contribution in [0.25, 0.3) is 0 Å². The molecule has 0 spiro atoms. The molecule has 0 saturated carbocycles. The highest BCUT2D eigenvalue weighted by Gasteiger charge is 2.31. The first-order valence-electron chi connectivity index (χ1n) is 7.89. The van der Waals surface area contributed by atoms with Crippen molar-refractivity contribution >= 4 is 33.2 Å². The fourth-order valence-electron chi connectivity index (χ4n) is 2.51. The van der Waals surface area contributed by atoms with Crippen LogP contribution in [0.3, 0.4) is 0 Å². The topological polar surface area (TPSA) is 84.9 Å². The number of nitrogens with one attached hydrogen (secondary N) is 1. The minimum Gasteiger partial charge on any atom is -0.495 e. The first kappa shape index (κ1) is 21.0. The van der Waals surface area contributed by atoms with Crippen molar-refractivity contribution in [3.8, 4) is 11.5 Å². The van der Waals surface area contributed by atoms with Gasteiger partial charge < -0.3 is 14.8 Å². The monoisotopic (exact) mass is 412 g/mol. The molecule has 0 aliphatic carbocycles. The van der Waals surface area contributed by atoms with Crippen LogP contribution < -0.4 is 14.8 Å². The first-order chi connectivity index (χ1) is 12.7. The Balaban J connectivity index is 2.45. The molecule has 0 radical (unpaired) electrons. The Morgan fingerprint density at radius 3 is 2.22 bits per heavy atom. The van der Waals surface area contributed by atoms with Crippen molar-refractivity contribution in [1.29, 1.82) is 0 Å². The molecule has 0 aromatic heterocycles. The maximum Gasteiger partial charge on any atom is 0.247 e. The molecule has 0 saturated heterocycles. The average molecular weight is 413 g/mol. The van der Waals surface area contributed by atoms with Crippen molar-refractivity contribution in [2.75, 3.05) is 32.8 Å². The molecule has 2 aromatic carbocycles. The molecule has 1 N–H and O–H groups in total. The van der Waals surface area contributed by atoms with E-state index >= 15 is 0 Å². The molecule has 1 atom stereocenters. The quantitative estimate of drug-likeness (QED) is 0.755. The predicted octanol–water partition coefficient (Wildman–Crippen LogP) is 2.93. The van der Waals surface area contributed by atoms with Gasteiger partial charge in [-0.2, -0.15) is 4.31 Å². The SMILES string of the molecule is COc1cc(NC(=O)C(c2ccccc2)N(C)S(C)(=O)=O)c(OC)cc1Cl. The van der Waals surface area contributed by atoms with Crippen LogP contribution in [-0.2, 0) is 14.8 Å². The van der Waals surface area contributed by atoms with Crippen molar-refractivity contribution in [2.45, 2.75) is 6.04 Å². The molecule has 2 aromatic rings. The maximum absolute atomic E-state index is 13.0. The summed E-state index contributed by atoms with van der Waals surface area (Å²) in [5, 5.41) is 3.03. The summed E-state index contributed by atoms with van der Waals surface area (Å²) < 4.78 is 35.5. The van der Waals surface area contributed by atoms with Gasteiger partial charge in [0.15, 0.2) is 0 Å². The van der Waals surface area contributed by atoms with E-state index in [2.05, 4.69) is 5.32 Å². The molecule has 9 heteroatoms. The van der Waals surface area contributed by atoms with E-state index in [1.54, 1.807) is 30.3 Å². The van der Waals surface area contributed by atoms with Crippen LogP contribution in [0.2, 0.25) is 5.02 Å². The van der Waals surface area contributed by atoms with Crippen LogP contribution in [0.1, 0.15) is 11.6 Å². The Morgan fingerprint density at radius 2 is 1.70 bits per heavy atom. The first-order valence-corrected chi connectivity index (χ1v) is 10.1. The van der Waals surface area contributed by atoms with Gasteiger partial charge in [-0.15, -0.1) is 0 Å². The van der Waals surface area contributed by atoms with Crippen molar-refractivity contribution in [2.24, 2.45) is 0 Å². The number of ether oxygens (including phenoxy) is 2. The zero-order valence-corrected chi connectivity index (χ0v) is 17.0. The number of carbonyl (C=O) groups excluding carboxylic acids is 1. The molecule has 2 rings (SSSR count). The Hall–Kier alpha value is -2.29. The standard InChI is InChI=1S/C18H21ClN2O5S/c1-21(27(4,23)24)17(12-8-6-5-7-9-12)18(22)20-14-11-15(25-2)13(19)10-16(14)26-3/h5-11,17H,1-4H3,(H,20,22). The highest BCUT2D eigenvalue weighted by Crippen LogP contribution is 2.36. The number of nitrogens with zero attached hydrogens (tertiary/aromatic N) is 1. The number of carbonyl (C=O) groups is 1. The molecule has 27 heavy (non-hydrogen) atoms. The van der Waals surface area contributed by atoms with E-state index in [1.807, 2.05) is 0 Å². The molecule has 146 valence electrons. The summed E-state index contributed by atoms with van der Waals surface area (Å²) >= 11 is 6.08. The molecular formula is C18H21ClN2O5S. The molecular weight excluding hydrogens is 392 g/mol. The summed E-state index contributed by atoms with van der Waals surface area (Å²) in [4.78, 5) is 13.0. The van der Waals surface area contributed by atoms with E-state index in [9.17, 15) is 13.2 Å². The van der Waals surface area contributed by atoms with Crippen molar-refractivity contribution in [3.63, 3.8) is 0 Å². The van der Waals surface area contributed by atoms with E-state index in [0.717, 1.165) is 10.6 Å². The van der Waals surface area contributed by atoms with Gasteiger partial charge in [0, 0.05) is 19.2 Å². The predicted molar refractivity (Wildman–Crippen MR) is 105 cm³/mol. The molecule has 1 amide bonds. The van der Waals surface area contributed by atoms with Crippen molar-refractivity contribution in [1.82, 2.24) is 4.31 Å². The summed E-state index contributed by atoms with van der Waals surface area (Å²) in [5.74, 6) is 0.125. The molecule has 0 heterocycles. The van der Waals surface area contributed by atoms with Gasteiger partial charge in [0.2, 0.25) is 15.9 Å². The molecule has 0 aliphatic rings. The number of halogens is 1. The molecule has 7 nitrogen and oxygen atoms in total. The lowest BCUT2D eigenvalue weighted by Crippen LogP contribution is -2.38. The van der Waals surface area contributed by atoms with Gasteiger partial charge in [0.25, 0.3) is 0 Å². The molecule has 0 fully saturated rings. The number of rotatable bonds is 7. The molecule has 0 bridgehead atoms. The zero-order chi connectivity index (χ0) is 20.2. The molecule has 0 aliphatic heterocycles. The lowest BCUT2D eigenvalue weighted by molar-refractivity contribution is -0.119. The number of anilines is 1. The van der Waals surface area contributed by atoms with Crippen LogP contribution in [0.5, 0.6) is 11.5 Å². The third kappa shape index (κ3) is 4.91. The van der Waals surface area contributed by atoms with Crippen LogP contribution in [0, 0.1) is 0 Å². The van der Waals surface area contributed by atoms with Crippen LogP contribution in [0.15, 0.2) is 42.5 Å². The van der Waals surface area contributed by atoms with Crippen LogP contribution >= 0.6 is 11.6 Å². The van der Waals surface area contributed by atoms with Gasteiger partial charge in [-0.25, -0.2) is 8.42 Å². The van der Waals surface area contributed by atoms with Crippen molar-refractivity contribution in [3.05, 3.63) is 53.1 Å². The van der Waals surface area contributed by atoms with E-state index < -0.39 is 22.0 Å². The lowest BCUT2D eigenvalue weighted by atomic mass is 10.1. The summed E-state index contributed by atoms with van der Waals surface area (Å²) in [7, 11) is 0.610. The summed E-state index contributed by atoms with van der Waals surface area (Å²) in [6.45, 7) is 0. The lowest BCUT2D eigenvalue weighted by Gasteiger charge is -2.26. The number of methoxy groups -OCH3 is 2. The normalized spacial score (nSPS) is 12.5. The number of hydrogen-bond acceptors (Lipinski definition) is 5. The van der Waals surface area contributed by atoms with E-state index in [1.165, 1.54) is 33.4 Å². The van der Waals surface area contributed by atoms with Gasteiger partial charge >= 0.3 is 0 Å². The number of likely N-dealkylation sites (N-methyl/N-ethyl adjacent to an activating group) is 1. The minimum absolute atomic E-state index is 0.312. The number of sulfonamides is 1. The van der Waals surface area contributed by atoms with Gasteiger partial charge in [0.05, 0.1) is 31.2 Å². The zero-order valence-electron chi connectivity index (χ0n) is 15.4. The van der Waals surface area contributed by atoms with E-state index in [0.29, 0.717) is 27.8 Å². The second-order valence-electron chi connectivity index (χ2n) is 5.77. The third-order valence-electron chi connectivity index (χ3n) is 3.98. The smallest absolute Gasteiger partial charge is 0.247 e. The number of amides is 1. The third-order valence-corrected chi connectivity index (χ3v) is 5.53. The highest BCUT2D eigenvalue weighted by atomic mass is 35.5. The van der Waals surface area contributed by atoms with E-state index in [4.69, 9.17) is 21.1 Å². The number of benzene rings is 2. The van der Waals surface area contributed by atoms with E-state index in [-0.39, 0.29) is 0 Å². The molecule has 1 unspecified atom stereocenters. The fourth-order valence-corrected chi connectivity index (χ4v) is 3.34. The Bertz CT molecular complexity index is 919. The number of hydrogen-bond donors (Lipinski definition) is 1. The Kier molecular flexibility index (Phi) is 6.69. The summed E-state index contributed by atoms with van der Waals surface area (Å²) in [5.41, 5.74) is 0.842. The second-order valence-corrected chi connectivity index (χ2v) is 8.22.